The smallest absolute Gasteiger partial charge is 0.169 e. The lowest BCUT2D eigenvalue weighted by Gasteiger charge is -2.35. The minimum absolute atomic E-state index is 0.00408. The molecule has 1 unspecified atom stereocenters. The molecule has 0 saturated carbocycles. The molecule has 1 aromatic carbocycles. The van der Waals surface area contributed by atoms with Gasteiger partial charge in [-0.25, -0.2) is 4.39 Å². The quantitative estimate of drug-likeness (QED) is 0.804. The van der Waals surface area contributed by atoms with Gasteiger partial charge in [0.05, 0.1) is 12.2 Å². The molecular formula is C15H22FNO2. The summed E-state index contributed by atoms with van der Waals surface area (Å²) >= 11 is 0. The Morgan fingerprint density at radius 1 is 1.42 bits per heavy atom. The molecule has 1 aromatic rings. The van der Waals surface area contributed by atoms with E-state index in [-0.39, 0.29) is 23.9 Å². The third-order valence-corrected chi connectivity index (χ3v) is 3.55. The maximum Gasteiger partial charge on any atom is 0.169 e. The topological polar surface area (TPSA) is 40.5 Å². The van der Waals surface area contributed by atoms with Gasteiger partial charge in [-0.2, -0.15) is 0 Å². The number of hydrogen-bond donors (Lipinski definition) is 1. The zero-order valence-electron chi connectivity index (χ0n) is 12.0. The Morgan fingerprint density at radius 3 is 2.53 bits per heavy atom. The molecule has 0 amide bonds. The predicted molar refractivity (Wildman–Crippen MR) is 73.7 cm³/mol. The summed E-state index contributed by atoms with van der Waals surface area (Å²) in [6, 6.07) is 6.02. The lowest BCUT2D eigenvalue weighted by atomic mass is 9.96. The maximum atomic E-state index is 13.6. The van der Waals surface area contributed by atoms with E-state index >= 15 is 0 Å². The lowest BCUT2D eigenvalue weighted by Crippen LogP contribution is -2.47. The molecule has 106 valence electrons. The van der Waals surface area contributed by atoms with Crippen molar-refractivity contribution in [2.24, 2.45) is 5.92 Å². The molecule has 0 heterocycles. The summed E-state index contributed by atoms with van der Waals surface area (Å²) in [4.78, 5) is 14.1. The molecule has 0 fully saturated rings. The van der Waals surface area contributed by atoms with E-state index in [9.17, 15) is 14.3 Å². The van der Waals surface area contributed by atoms with E-state index in [2.05, 4.69) is 0 Å². The Kier molecular flexibility index (Phi) is 5.20. The third-order valence-electron chi connectivity index (χ3n) is 3.55. The molecule has 0 spiro atoms. The summed E-state index contributed by atoms with van der Waals surface area (Å²) in [5.74, 6) is -1.02. The molecule has 0 aliphatic carbocycles. The first kappa shape index (κ1) is 15.8. The highest BCUT2D eigenvalue weighted by Gasteiger charge is 2.27. The van der Waals surface area contributed by atoms with E-state index in [1.807, 2.05) is 25.8 Å². The summed E-state index contributed by atoms with van der Waals surface area (Å²) in [5.41, 5.74) is -0.269. The fourth-order valence-corrected chi connectivity index (χ4v) is 1.79. The summed E-state index contributed by atoms with van der Waals surface area (Å²) in [5, 5.41) is 9.29. The van der Waals surface area contributed by atoms with Crippen LogP contribution in [0, 0.1) is 11.7 Å². The summed E-state index contributed by atoms with van der Waals surface area (Å²) in [6.07, 6.45) is 0. The van der Waals surface area contributed by atoms with Crippen molar-refractivity contribution in [3.05, 3.63) is 35.6 Å². The molecule has 3 nitrogen and oxygen atoms in total. The number of nitrogens with zero attached hydrogens (tertiary/aromatic N) is 1. The van der Waals surface area contributed by atoms with Crippen LogP contribution in [-0.4, -0.2) is 41.5 Å². The molecule has 0 aliphatic heterocycles. The Bertz CT molecular complexity index is 446. The molecule has 19 heavy (non-hydrogen) atoms. The maximum absolute atomic E-state index is 13.6. The van der Waals surface area contributed by atoms with Crippen molar-refractivity contribution in [2.45, 2.75) is 26.3 Å². The number of hydrogen-bond acceptors (Lipinski definition) is 3. The highest BCUT2D eigenvalue weighted by Crippen LogP contribution is 2.17. The van der Waals surface area contributed by atoms with E-state index in [0.29, 0.717) is 6.54 Å². The van der Waals surface area contributed by atoms with Crippen molar-refractivity contribution < 1.29 is 14.3 Å². The Morgan fingerprint density at radius 2 is 2.00 bits per heavy atom. The van der Waals surface area contributed by atoms with Crippen LogP contribution >= 0.6 is 0 Å². The molecule has 0 aromatic heterocycles. The highest BCUT2D eigenvalue weighted by atomic mass is 19.1. The minimum Gasteiger partial charge on any atom is -0.394 e. The molecule has 4 heteroatoms. The van der Waals surface area contributed by atoms with Gasteiger partial charge in [0.1, 0.15) is 5.82 Å². The fourth-order valence-electron chi connectivity index (χ4n) is 1.79. The van der Waals surface area contributed by atoms with Crippen molar-refractivity contribution in [3.8, 4) is 0 Å². The van der Waals surface area contributed by atoms with Gasteiger partial charge >= 0.3 is 0 Å². The van der Waals surface area contributed by atoms with Crippen molar-refractivity contribution in [2.75, 3.05) is 20.2 Å². The van der Waals surface area contributed by atoms with Gasteiger partial charge in [0.25, 0.3) is 0 Å². The average Bonchev–Trinajstić information content (AvgIpc) is 2.38. The van der Waals surface area contributed by atoms with Crippen molar-refractivity contribution in [1.29, 1.82) is 0 Å². The first-order chi connectivity index (χ1) is 8.79. The van der Waals surface area contributed by atoms with E-state index in [4.69, 9.17) is 0 Å². The predicted octanol–water partition coefficient (Wildman–Crippen LogP) is 2.35. The van der Waals surface area contributed by atoms with Gasteiger partial charge in [-0.1, -0.05) is 19.1 Å². The molecule has 0 aliphatic rings. The normalized spacial score (nSPS) is 13.6. The first-order valence-electron chi connectivity index (χ1n) is 6.40. The Balaban J connectivity index is 2.77. The van der Waals surface area contributed by atoms with Gasteiger partial charge in [-0.15, -0.1) is 0 Å². The van der Waals surface area contributed by atoms with Crippen LogP contribution in [0.1, 0.15) is 31.1 Å². The third kappa shape index (κ3) is 3.85. The molecule has 1 N–H and O–H groups in total. The number of Topliss-reactive ketones (excluding diaryl/α,β-unsaturated/α-hetero) is 1. The number of ketones is 1. The fraction of sp³-hybridized carbons (Fsp3) is 0.533. The van der Waals surface area contributed by atoms with Crippen LogP contribution in [0.4, 0.5) is 4.39 Å². The number of carbonyl (C=O) groups excluding carboxylic acids is 1. The number of rotatable bonds is 6. The Labute approximate surface area is 114 Å². The van der Waals surface area contributed by atoms with Crippen LogP contribution < -0.4 is 0 Å². The van der Waals surface area contributed by atoms with Gasteiger partial charge in [0.2, 0.25) is 0 Å². The molecule has 1 atom stereocenters. The SMILES string of the molecule is CC(CN(C)C(C)(C)CO)C(=O)c1ccccc1F. The molecule has 0 saturated heterocycles. The number of benzene rings is 1. The van der Waals surface area contributed by atoms with Gasteiger partial charge in [-0.05, 0) is 33.0 Å². The monoisotopic (exact) mass is 267 g/mol. The van der Waals surface area contributed by atoms with Gasteiger partial charge in [0, 0.05) is 18.0 Å². The van der Waals surface area contributed by atoms with E-state index in [1.54, 1.807) is 19.1 Å². The summed E-state index contributed by atoms with van der Waals surface area (Å²) < 4.78 is 13.6. The van der Waals surface area contributed by atoms with Crippen LogP contribution in [0.2, 0.25) is 0 Å². The van der Waals surface area contributed by atoms with Crippen molar-refractivity contribution >= 4 is 5.78 Å². The standard InChI is InChI=1S/C15H22FNO2/c1-11(9-17(4)15(2,3)10-18)14(19)12-7-5-6-8-13(12)16/h5-8,11,18H,9-10H2,1-4H3. The molecular weight excluding hydrogens is 245 g/mol. The molecule has 1 rings (SSSR count). The lowest BCUT2D eigenvalue weighted by molar-refractivity contribution is 0.0613. The van der Waals surface area contributed by atoms with Gasteiger partial charge in [-0.3, -0.25) is 9.69 Å². The zero-order valence-corrected chi connectivity index (χ0v) is 12.0. The highest BCUT2D eigenvalue weighted by molar-refractivity contribution is 5.98. The van der Waals surface area contributed by atoms with Crippen LogP contribution in [0.25, 0.3) is 0 Å². The van der Waals surface area contributed by atoms with E-state index in [0.717, 1.165) is 0 Å². The van der Waals surface area contributed by atoms with E-state index < -0.39 is 11.4 Å². The summed E-state index contributed by atoms with van der Waals surface area (Å²) in [7, 11) is 1.85. The second-order valence-corrected chi connectivity index (χ2v) is 5.60. The number of carbonyl (C=O) groups is 1. The number of aliphatic hydroxyl groups is 1. The van der Waals surface area contributed by atoms with Crippen molar-refractivity contribution in [3.63, 3.8) is 0 Å². The number of likely N-dealkylation sites (N-methyl/N-ethyl adjacent to an activating group) is 1. The molecule has 0 radical (unpaired) electrons. The minimum atomic E-state index is -0.483. The van der Waals surface area contributed by atoms with Crippen LogP contribution in [0.15, 0.2) is 24.3 Å². The summed E-state index contributed by atoms with van der Waals surface area (Å²) in [6.45, 7) is 6.05. The second-order valence-electron chi connectivity index (χ2n) is 5.60. The Hall–Kier alpha value is -1.26. The second kappa shape index (κ2) is 6.26. The van der Waals surface area contributed by atoms with Crippen LogP contribution in [-0.2, 0) is 0 Å². The zero-order chi connectivity index (χ0) is 14.6. The number of aliphatic hydroxyl groups excluding tert-OH is 1. The van der Waals surface area contributed by atoms with Gasteiger partial charge < -0.3 is 5.11 Å². The van der Waals surface area contributed by atoms with Crippen LogP contribution in [0.3, 0.4) is 0 Å². The largest absolute Gasteiger partial charge is 0.394 e. The first-order valence-corrected chi connectivity index (χ1v) is 6.40. The van der Waals surface area contributed by atoms with Crippen molar-refractivity contribution in [1.82, 2.24) is 4.90 Å². The van der Waals surface area contributed by atoms with E-state index in [1.165, 1.54) is 12.1 Å². The van der Waals surface area contributed by atoms with Gasteiger partial charge in [0.15, 0.2) is 5.78 Å². The number of halogens is 1. The van der Waals surface area contributed by atoms with Crippen LogP contribution in [0.5, 0.6) is 0 Å². The molecule has 0 bridgehead atoms. The average molecular weight is 267 g/mol.